The molecule has 1 heterocycles. The molecule has 0 spiro atoms. The van der Waals surface area contributed by atoms with Gasteiger partial charge in [0.15, 0.2) is 0 Å². The van der Waals surface area contributed by atoms with Crippen LogP contribution in [-0.4, -0.2) is 34.4 Å². The Bertz CT molecular complexity index is 427. The molecule has 1 unspecified atom stereocenters. The summed E-state index contributed by atoms with van der Waals surface area (Å²) in [6, 6.07) is 6.91. The summed E-state index contributed by atoms with van der Waals surface area (Å²) >= 11 is 1.51. The van der Waals surface area contributed by atoms with Crippen molar-refractivity contribution < 1.29 is 9.59 Å². The first-order chi connectivity index (χ1) is 8.15. The van der Waals surface area contributed by atoms with Crippen LogP contribution in [0.3, 0.4) is 0 Å². The van der Waals surface area contributed by atoms with Gasteiger partial charge in [0.25, 0.3) is 11.8 Å². The topological polar surface area (TPSA) is 63.4 Å². The maximum absolute atomic E-state index is 12.0. The van der Waals surface area contributed by atoms with Gasteiger partial charge in [-0.1, -0.05) is 19.1 Å². The average molecular weight is 250 g/mol. The van der Waals surface area contributed by atoms with E-state index in [1.54, 1.807) is 24.3 Å². The monoisotopic (exact) mass is 250 g/mol. The minimum absolute atomic E-state index is 0.206. The van der Waals surface area contributed by atoms with E-state index in [0.717, 1.165) is 0 Å². The number of hydrogen-bond donors (Lipinski definition) is 1. The van der Waals surface area contributed by atoms with Crippen molar-refractivity contribution in [2.75, 3.05) is 12.4 Å². The maximum Gasteiger partial charge on any atom is 0.262 e. The third-order valence-electron chi connectivity index (χ3n) is 2.70. The lowest BCUT2D eigenvalue weighted by Crippen LogP contribution is -2.30. The summed E-state index contributed by atoms with van der Waals surface area (Å²) in [6.45, 7) is 2.51. The number of nitrogens with two attached hydrogens (primary N) is 1. The summed E-state index contributed by atoms with van der Waals surface area (Å²) in [5.41, 5.74) is 6.50. The lowest BCUT2D eigenvalue weighted by Gasteiger charge is -2.15. The molecule has 90 valence electrons. The second kappa shape index (κ2) is 4.89. The van der Waals surface area contributed by atoms with Gasteiger partial charge in [-0.15, -0.1) is 11.8 Å². The van der Waals surface area contributed by atoms with Crippen LogP contribution in [0, 0.1) is 0 Å². The van der Waals surface area contributed by atoms with Crippen LogP contribution in [0.4, 0.5) is 0 Å². The number of rotatable bonds is 4. The van der Waals surface area contributed by atoms with Gasteiger partial charge in [-0.3, -0.25) is 14.5 Å². The minimum atomic E-state index is -0.206. The molecule has 1 aromatic rings. The molecule has 2 amide bonds. The molecule has 0 aromatic heterocycles. The first kappa shape index (κ1) is 12.1. The van der Waals surface area contributed by atoms with Gasteiger partial charge in [-0.25, -0.2) is 0 Å². The lowest BCUT2D eigenvalue weighted by atomic mass is 10.1. The van der Waals surface area contributed by atoms with Gasteiger partial charge in [0.05, 0.1) is 17.0 Å². The zero-order valence-corrected chi connectivity index (χ0v) is 10.4. The fourth-order valence-electron chi connectivity index (χ4n) is 1.63. The van der Waals surface area contributed by atoms with Crippen LogP contribution < -0.4 is 5.73 Å². The molecule has 0 aliphatic carbocycles. The molecule has 0 saturated carbocycles. The molecule has 2 rings (SSSR count). The van der Waals surface area contributed by atoms with E-state index >= 15 is 0 Å². The number of thioether (sulfide) groups is 1. The van der Waals surface area contributed by atoms with Crippen molar-refractivity contribution in [1.29, 1.82) is 0 Å². The van der Waals surface area contributed by atoms with Crippen LogP contribution in [0.15, 0.2) is 24.3 Å². The van der Waals surface area contributed by atoms with Gasteiger partial charge in [0.1, 0.15) is 0 Å². The largest absolute Gasteiger partial charge is 0.329 e. The Morgan fingerprint density at radius 2 is 1.76 bits per heavy atom. The highest BCUT2D eigenvalue weighted by molar-refractivity contribution is 7.99. The van der Waals surface area contributed by atoms with Crippen LogP contribution in [0.1, 0.15) is 27.6 Å². The van der Waals surface area contributed by atoms with Crippen molar-refractivity contribution in [3.05, 3.63) is 35.4 Å². The zero-order chi connectivity index (χ0) is 12.4. The molecule has 1 aliphatic heterocycles. The number of hydrogen-bond acceptors (Lipinski definition) is 4. The van der Waals surface area contributed by atoms with Crippen LogP contribution in [-0.2, 0) is 0 Å². The summed E-state index contributed by atoms with van der Waals surface area (Å²) in [5.74, 6) is -0.0466. The van der Waals surface area contributed by atoms with Gasteiger partial charge in [0.2, 0.25) is 0 Å². The van der Waals surface area contributed by atoms with Crippen molar-refractivity contribution in [1.82, 2.24) is 4.90 Å². The standard InChI is InChI=1S/C12H14N2O2S/c1-8(6-13)17-7-14-11(15)9-4-2-3-5-10(9)12(14)16/h2-5,8H,6-7,13H2,1H3. The molecule has 1 aliphatic rings. The Hall–Kier alpha value is -1.33. The first-order valence-electron chi connectivity index (χ1n) is 5.42. The number of imide groups is 1. The molecule has 5 heteroatoms. The van der Waals surface area contributed by atoms with Gasteiger partial charge in [0, 0.05) is 11.8 Å². The number of fused-ring (bicyclic) bond motifs is 1. The second-order valence-electron chi connectivity index (χ2n) is 3.93. The third-order valence-corrected chi connectivity index (χ3v) is 3.87. The molecule has 0 radical (unpaired) electrons. The van der Waals surface area contributed by atoms with E-state index < -0.39 is 0 Å². The van der Waals surface area contributed by atoms with E-state index in [1.165, 1.54) is 16.7 Å². The van der Waals surface area contributed by atoms with Gasteiger partial charge in [-0.05, 0) is 12.1 Å². The van der Waals surface area contributed by atoms with E-state index in [-0.39, 0.29) is 17.1 Å². The van der Waals surface area contributed by atoms with E-state index in [2.05, 4.69) is 0 Å². The van der Waals surface area contributed by atoms with Crippen LogP contribution in [0.5, 0.6) is 0 Å². The van der Waals surface area contributed by atoms with Crippen molar-refractivity contribution in [2.24, 2.45) is 5.73 Å². The summed E-state index contributed by atoms with van der Waals surface area (Å²) < 4.78 is 0. The smallest absolute Gasteiger partial charge is 0.262 e. The average Bonchev–Trinajstić information content (AvgIpc) is 2.60. The van der Waals surface area contributed by atoms with E-state index in [0.29, 0.717) is 23.5 Å². The quantitative estimate of drug-likeness (QED) is 0.819. The summed E-state index contributed by atoms with van der Waals surface area (Å²) in [7, 11) is 0. The Balaban J connectivity index is 2.13. The van der Waals surface area contributed by atoms with E-state index in [4.69, 9.17) is 5.73 Å². The Kier molecular flexibility index (Phi) is 3.49. The molecule has 0 saturated heterocycles. The molecule has 0 bridgehead atoms. The molecule has 1 atom stereocenters. The lowest BCUT2D eigenvalue weighted by molar-refractivity contribution is 0.0684. The predicted molar refractivity (Wildman–Crippen MR) is 67.9 cm³/mol. The van der Waals surface area contributed by atoms with Gasteiger partial charge < -0.3 is 5.73 Å². The van der Waals surface area contributed by atoms with Gasteiger partial charge >= 0.3 is 0 Å². The SMILES string of the molecule is CC(CN)SCN1C(=O)c2ccccc2C1=O. The normalized spacial score (nSPS) is 16.2. The van der Waals surface area contributed by atoms with E-state index in [9.17, 15) is 9.59 Å². The third kappa shape index (κ3) is 2.21. The minimum Gasteiger partial charge on any atom is -0.329 e. The molecule has 4 nitrogen and oxygen atoms in total. The highest BCUT2D eigenvalue weighted by Crippen LogP contribution is 2.24. The fourth-order valence-corrected chi connectivity index (χ4v) is 2.40. The molecule has 17 heavy (non-hydrogen) atoms. The van der Waals surface area contributed by atoms with Crippen molar-refractivity contribution in [3.63, 3.8) is 0 Å². The zero-order valence-electron chi connectivity index (χ0n) is 9.55. The molecule has 0 fully saturated rings. The number of amides is 2. The van der Waals surface area contributed by atoms with E-state index in [1.807, 2.05) is 6.92 Å². The summed E-state index contributed by atoms with van der Waals surface area (Å²) in [5, 5.41) is 0.235. The summed E-state index contributed by atoms with van der Waals surface area (Å²) in [4.78, 5) is 25.2. The van der Waals surface area contributed by atoms with Crippen LogP contribution in [0.2, 0.25) is 0 Å². The molecular weight excluding hydrogens is 236 g/mol. The predicted octanol–water partition coefficient (Wildman–Crippen LogP) is 1.32. The summed E-state index contributed by atoms with van der Waals surface area (Å²) in [6.07, 6.45) is 0. The Labute approximate surface area is 104 Å². The highest BCUT2D eigenvalue weighted by Gasteiger charge is 2.34. The van der Waals surface area contributed by atoms with Crippen LogP contribution in [0.25, 0.3) is 0 Å². The Morgan fingerprint density at radius 1 is 1.24 bits per heavy atom. The highest BCUT2D eigenvalue weighted by atomic mass is 32.2. The Morgan fingerprint density at radius 3 is 2.24 bits per heavy atom. The first-order valence-corrected chi connectivity index (χ1v) is 6.47. The van der Waals surface area contributed by atoms with Crippen molar-refractivity contribution in [3.8, 4) is 0 Å². The molecular formula is C12H14N2O2S. The fraction of sp³-hybridized carbons (Fsp3) is 0.333. The number of benzene rings is 1. The molecule has 1 aromatic carbocycles. The van der Waals surface area contributed by atoms with Gasteiger partial charge in [-0.2, -0.15) is 0 Å². The number of carbonyl (C=O) groups excluding carboxylic acids is 2. The van der Waals surface area contributed by atoms with Crippen molar-refractivity contribution >= 4 is 23.6 Å². The van der Waals surface area contributed by atoms with Crippen molar-refractivity contribution in [2.45, 2.75) is 12.2 Å². The molecule has 2 N–H and O–H groups in total. The number of carbonyl (C=O) groups is 2. The maximum atomic E-state index is 12.0. The number of nitrogens with zero attached hydrogens (tertiary/aromatic N) is 1. The second-order valence-corrected chi connectivity index (χ2v) is 5.32. The van der Waals surface area contributed by atoms with Crippen LogP contribution >= 0.6 is 11.8 Å².